The number of para-hydroxylation sites is 1. The van der Waals surface area contributed by atoms with Crippen LogP contribution in [0.2, 0.25) is 0 Å². The van der Waals surface area contributed by atoms with E-state index >= 15 is 0 Å². The number of anilines is 1. The molecule has 0 saturated carbocycles. The monoisotopic (exact) mass is 403 g/mol. The summed E-state index contributed by atoms with van der Waals surface area (Å²) in [5, 5.41) is 12.4. The lowest BCUT2D eigenvalue weighted by Crippen LogP contribution is -2.35. The summed E-state index contributed by atoms with van der Waals surface area (Å²) >= 11 is 0. The molecule has 1 aliphatic rings. The summed E-state index contributed by atoms with van der Waals surface area (Å²) in [6.45, 7) is 9.58. The zero-order chi connectivity index (χ0) is 21.3. The first-order chi connectivity index (χ1) is 14.5. The van der Waals surface area contributed by atoms with Gasteiger partial charge in [-0.05, 0) is 25.5 Å². The van der Waals surface area contributed by atoms with E-state index in [1.54, 1.807) is 0 Å². The molecule has 0 fully saturated rings. The standard InChI is InChI=1S/C24H29N5O/c1-16(2)25-14-13-22(30)28-15-18-9-5-6-10-19(18)24-23(26-27-29(24)17(3)4)20-11-7-8-12-21(20)28/h5-12,16-17,25H,13-15H2,1-4H3. The summed E-state index contributed by atoms with van der Waals surface area (Å²) in [7, 11) is 0. The molecule has 1 N–H and O–H groups in total. The van der Waals surface area contributed by atoms with Crippen LogP contribution in [0, 0.1) is 0 Å². The Balaban J connectivity index is 1.86. The summed E-state index contributed by atoms with van der Waals surface area (Å²) < 4.78 is 1.98. The van der Waals surface area contributed by atoms with Crippen LogP contribution >= 0.6 is 0 Å². The highest BCUT2D eigenvalue weighted by Gasteiger charge is 2.29. The predicted octanol–water partition coefficient (Wildman–Crippen LogP) is 4.43. The molecule has 156 valence electrons. The fourth-order valence-electron chi connectivity index (χ4n) is 3.97. The van der Waals surface area contributed by atoms with Crippen molar-refractivity contribution in [3.05, 3.63) is 54.1 Å². The Morgan fingerprint density at radius 2 is 1.73 bits per heavy atom. The Labute approximate surface area is 177 Å². The van der Waals surface area contributed by atoms with E-state index in [-0.39, 0.29) is 11.9 Å². The third-order valence-corrected chi connectivity index (χ3v) is 5.43. The molecule has 4 rings (SSSR count). The van der Waals surface area contributed by atoms with Crippen molar-refractivity contribution < 1.29 is 4.79 Å². The number of hydrogen-bond donors (Lipinski definition) is 1. The van der Waals surface area contributed by atoms with Gasteiger partial charge < -0.3 is 10.2 Å². The van der Waals surface area contributed by atoms with Crippen molar-refractivity contribution in [3.63, 3.8) is 0 Å². The van der Waals surface area contributed by atoms with E-state index in [1.165, 1.54) is 0 Å². The van der Waals surface area contributed by atoms with Crippen LogP contribution in [-0.4, -0.2) is 33.5 Å². The highest BCUT2D eigenvalue weighted by molar-refractivity contribution is 6.00. The Morgan fingerprint density at radius 1 is 1.03 bits per heavy atom. The van der Waals surface area contributed by atoms with Crippen molar-refractivity contribution in [2.45, 2.75) is 52.7 Å². The van der Waals surface area contributed by atoms with Gasteiger partial charge in [-0.1, -0.05) is 61.5 Å². The molecule has 1 amide bonds. The molecule has 6 heteroatoms. The average molecular weight is 404 g/mol. The SMILES string of the molecule is CC(C)NCCC(=O)N1Cc2ccccc2-c2c(nnn2C(C)C)-c2ccccc21. The van der Waals surface area contributed by atoms with Crippen LogP contribution in [0.25, 0.3) is 22.5 Å². The minimum atomic E-state index is 0.102. The number of hydrogen-bond acceptors (Lipinski definition) is 4. The molecule has 0 radical (unpaired) electrons. The molecule has 0 atom stereocenters. The molecule has 0 bridgehead atoms. The normalized spacial score (nSPS) is 12.9. The van der Waals surface area contributed by atoms with Crippen LogP contribution in [0.5, 0.6) is 0 Å². The van der Waals surface area contributed by atoms with Crippen molar-refractivity contribution in [1.29, 1.82) is 0 Å². The molecular weight excluding hydrogens is 374 g/mol. The molecule has 0 spiro atoms. The third-order valence-electron chi connectivity index (χ3n) is 5.43. The fourth-order valence-corrected chi connectivity index (χ4v) is 3.97. The predicted molar refractivity (Wildman–Crippen MR) is 120 cm³/mol. The second kappa shape index (κ2) is 8.40. The smallest absolute Gasteiger partial charge is 0.228 e. The fraction of sp³-hybridized carbons (Fsp3) is 0.375. The van der Waals surface area contributed by atoms with Crippen molar-refractivity contribution in [2.75, 3.05) is 11.4 Å². The molecule has 0 aliphatic carbocycles. The van der Waals surface area contributed by atoms with Gasteiger partial charge in [-0.3, -0.25) is 4.79 Å². The molecule has 1 aromatic heterocycles. The van der Waals surface area contributed by atoms with Crippen LogP contribution in [-0.2, 0) is 11.3 Å². The minimum Gasteiger partial charge on any atom is -0.314 e. The maximum absolute atomic E-state index is 13.3. The maximum Gasteiger partial charge on any atom is 0.228 e. The summed E-state index contributed by atoms with van der Waals surface area (Å²) in [5.74, 6) is 0.102. The van der Waals surface area contributed by atoms with Crippen LogP contribution in [0.4, 0.5) is 5.69 Å². The molecular formula is C24H29N5O. The summed E-state index contributed by atoms with van der Waals surface area (Å²) in [5.41, 5.74) is 5.85. The largest absolute Gasteiger partial charge is 0.314 e. The van der Waals surface area contributed by atoms with Crippen LogP contribution in [0.15, 0.2) is 48.5 Å². The van der Waals surface area contributed by atoms with Gasteiger partial charge in [0.05, 0.1) is 17.9 Å². The number of aromatic nitrogens is 3. The van der Waals surface area contributed by atoms with E-state index in [9.17, 15) is 4.79 Å². The first-order valence-electron chi connectivity index (χ1n) is 10.6. The van der Waals surface area contributed by atoms with Gasteiger partial charge in [0.2, 0.25) is 5.91 Å². The molecule has 0 saturated heterocycles. The average Bonchev–Trinajstić information content (AvgIpc) is 3.15. The first kappa shape index (κ1) is 20.3. The Hall–Kier alpha value is -2.99. The first-order valence-corrected chi connectivity index (χ1v) is 10.6. The molecule has 1 aliphatic heterocycles. The quantitative estimate of drug-likeness (QED) is 0.685. The summed E-state index contributed by atoms with van der Waals surface area (Å²) in [4.78, 5) is 15.2. The van der Waals surface area contributed by atoms with Crippen LogP contribution in [0.3, 0.4) is 0 Å². The van der Waals surface area contributed by atoms with Crippen molar-refractivity contribution in [3.8, 4) is 22.5 Å². The summed E-state index contributed by atoms with van der Waals surface area (Å²) in [6, 6.07) is 16.8. The van der Waals surface area contributed by atoms with E-state index in [0.29, 0.717) is 25.6 Å². The van der Waals surface area contributed by atoms with Gasteiger partial charge in [-0.15, -0.1) is 5.10 Å². The van der Waals surface area contributed by atoms with E-state index in [4.69, 9.17) is 0 Å². The van der Waals surface area contributed by atoms with Crippen molar-refractivity contribution in [2.24, 2.45) is 0 Å². The van der Waals surface area contributed by atoms with Gasteiger partial charge in [-0.2, -0.15) is 0 Å². The molecule has 0 unspecified atom stereocenters. The van der Waals surface area contributed by atoms with E-state index in [2.05, 4.69) is 55.5 Å². The lowest BCUT2D eigenvalue weighted by atomic mass is 9.95. The maximum atomic E-state index is 13.3. The Morgan fingerprint density at radius 3 is 2.47 bits per heavy atom. The van der Waals surface area contributed by atoms with Gasteiger partial charge in [0.1, 0.15) is 5.69 Å². The second-order valence-corrected chi connectivity index (χ2v) is 8.34. The number of rotatable bonds is 5. The molecule has 3 aromatic rings. The zero-order valence-electron chi connectivity index (χ0n) is 18.1. The lowest BCUT2D eigenvalue weighted by molar-refractivity contribution is -0.118. The number of fused-ring (bicyclic) bond motifs is 5. The van der Waals surface area contributed by atoms with Gasteiger partial charge >= 0.3 is 0 Å². The Bertz CT molecular complexity index is 1050. The highest BCUT2D eigenvalue weighted by atomic mass is 16.2. The van der Waals surface area contributed by atoms with Crippen molar-refractivity contribution >= 4 is 11.6 Å². The van der Waals surface area contributed by atoms with Gasteiger partial charge in [-0.25, -0.2) is 4.68 Å². The highest BCUT2D eigenvalue weighted by Crippen LogP contribution is 2.41. The Kier molecular flexibility index (Phi) is 5.68. The minimum absolute atomic E-state index is 0.102. The van der Waals surface area contributed by atoms with E-state index in [1.807, 2.05) is 46.0 Å². The number of amides is 1. The number of carbonyl (C=O) groups excluding carboxylic acids is 1. The van der Waals surface area contributed by atoms with Gasteiger partial charge in [0, 0.05) is 36.2 Å². The molecule has 6 nitrogen and oxygen atoms in total. The van der Waals surface area contributed by atoms with Crippen LogP contribution < -0.4 is 10.2 Å². The lowest BCUT2D eigenvalue weighted by Gasteiger charge is -2.29. The van der Waals surface area contributed by atoms with Crippen molar-refractivity contribution in [1.82, 2.24) is 20.3 Å². The van der Waals surface area contributed by atoms with Crippen LogP contribution in [0.1, 0.15) is 45.7 Å². The number of benzene rings is 2. The van der Waals surface area contributed by atoms with Gasteiger partial charge in [0.15, 0.2) is 0 Å². The van der Waals surface area contributed by atoms with E-state index in [0.717, 1.165) is 33.8 Å². The third kappa shape index (κ3) is 3.75. The molecule has 2 heterocycles. The molecule has 2 aromatic carbocycles. The summed E-state index contributed by atoms with van der Waals surface area (Å²) in [6.07, 6.45) is 0.445. The number of nitrogens with zero attached hydrogens (tertiary/aromatic N) is 4. The zero-order valence-corrected chi connectivity index (χ0v) is 18.1. The topological polar surface area (TPSA) is 63.1 Å². The van der Waals surface area contributed by atoms with Gasteiger partial charge in [0.25, 0.3) is 0 Å². The number of nitrogens with one attached hydrogen (secondary N) is 1. The number of carbonyl (C=O) groups is 1. The molecule has 30 heavy (non-hydrogen) atoms. The second-order valence-electron chi connectivity index (χ2n) is 8.34. The van der Waals surface area contributed by atoms with E-state index < -0.39 is 0 Å².